The Morgan fingerprint density at radius 3 is 2.75 bits per heavy atom. The van der Waals surface area contributed by atoms with Crippen molar-refractivity contribution in [3.05, 3.63) is 23.5 Å². The molecule has 1 aromatic heterocycles. The lowest BCUT2D eigenvalue weighted by atomic mass is 10.1. The first-order valence-electron chi connectivity index (χ1n) is 4.39. The fourth-order valence-corrected chi connectivity index (χ4v) is 1.49. The average molecular weight is 255 g/mol. The van der Waals surface area contributed by atoms with Crippen molar-refractivity contribution in [2.45, 2.75) is 12.2 Å². The van der Waals surface area contributed by atoms with Crippen LogP contribution in [0.4, 0.5) is 13.2 Å². The Kier molecular flexibility index (Phi) is 3.64. The van der Waals surface area contributed by atoms with Crippen LogP contribution >= 0.6 is 12.4 Å². The van der Waals surface area contributed by atoms with Gasteiger partial charge in [-0.3, -0.25) is 4.98 Å². The zero-order valence-corrected chi connectivity index (χ0v) is 9.15. The molecule has 1 unspecified atom stereocenters. The van der Waals surface area contributed by atoms with Gasteiger partial charge in [-0.2, -0.15) is 13.2 Å². The summed E-state index contributed by atoms with van der Waals surface area (Å²) >= 11 is 0. The third-order valence-electron chi connectivity index (χ3n) is 2.31. The zero-order chi connectivity index (χ0) is 11.1. The summed E-state index contributed by atoms with van der Waals surface area (Å²) in [6.07, 6.45) is -3.21. The molecule has 1 aliphatic rings. The first-order chi connectivity index (χ1) is 7.02. The Bertz CT molecular complexity index is 384. The summed E-state index contributed by atoms with van der Waals surface area (Å²) in [5.74, 6) is 0.261. The van der Waals surface area contributed by atoms with E-state index in [0.29, 0.717) is 12.2 Å². The molecular formula is C9H10ClF3N2O. The third-order valence-corrected chi connectivity index (χ3v) is 2.31. The van der Waals surface area contributed by atoms with Crippen LogP contribution in [0.2, 0.25) is 0 Å². The number of hydrogen-bond donors (Lipinski definition) is 1. The van der Waals surface area contributed by atoms with Gasteiger partial charge >= 0.3 is 6.18 Å². The molecule has 0 fully saturated rings. The molecular weight excluding hydrogens is 245 g/mol. The zero-order valence-electron chi connectivity index (χ0n) is 8.34. The highest BCUT2D eigenvalue weighted by molar-refractivity contribution is 5.85. The highest BCUT2D eigenvalue weighted by Crippen LogP contribution is 2.36. The van der Waals surface area contributed by atoms with Crippen molar-refractivity contribution in [2.75, 3.05) is 13.7 Å². The van der Waals surface area contributed by atoms with E-state index in [1.165, 1.54) is 6.20 Å². The van der Waals surface area contributed by atoms with E-state index in [4.69, 9.17) is 4.74 Å². The van der Waals surface area contributed by atoms with Gasteiger partial charge < -0.3 is 10.1 Å². The molecule has 0 spiro atoms. The van der Waals surface area contributed by atoms with Gasteiger partial charge in [-0.25, -0.2) is 0 Å². The van der Waals surface area contributed by atoms with Crippen LogP contribution in [0.5, 0.6) is 5.75 Å². The van der Waals surface area contributed by atoms with E-state index in [0.717, 1.165) is 6.07 Å². The second kappa shape index (κ2) is 4.47. The molecule has 1 atom stereocenters. The third kappa shape index (κ3) is 2.22. The predicted molar refractivity (Wildman–Crippen MR) is 53.8 cm³/mol. The molecule has 0 radical (unpaired) electrons. The molecule has 0 aromatic carbocycles. The fraction of sp³-hybridized carbons (Fsp3) is 0.444. The van der Waals surface area contributed by atoms with Crippen molar-refractivity contribution in [3.8, 4) is 5.75 Å². The van der Waals surface area contributed by atoms with Gasteiger partial charge in [0.15, 0.2) is 0 Å². The minimum absolute atomic E-state index is 0. The molecule has 90 valence electrons. The monoisotopic (exact) mass is 254 g/mol. The molecule has 0 amide bonds. The first-order valence-corrected chi connectivity index (χ1v) is 4.39. The molecule has 3 nitrogen and oxygen atoms in total. The van der Waals surface area contributed by atoms with E-state index in [-0.39, 0.29) is 24.2 Å². The van der Waals surface area contributed by atoms with E-state index in [2.05, 4.69) is 10.3 Å². The van der Waals surface area contributed by atoms with Crippen LogP contribution in [0, 0.1) is 0 Å². The normalized spacial score (nSPS) is 18.6. The van der Waals surface area contributed by atoms with E-state index in [9.17, 15) is 13.2 Å². The van der Waals surface area contributed by atoms with Gasteiger partial charge in [0.25, 0.3) is 0 Å². The van der Waals surface area contributed by atoms with Crippen LogP contribution in [-0.4, -0.2) is 18.6 Å². The van der Waals surface area contributed by atoms with E-state index < -0.39 is 11.9 Å². The number of likely N-dealkylation sites (N-methyl/N-ethyl adjacent to an activating group) is 1. The van der Waals surface area contributed by atoms with Gasteiger partial charge in [0.1, 0.15) is 18.1 Å². The van der Waals surface area contributed by atoms with Crippen LogP contribution in [0.15, 0.2) is 12.3 Å². The van der Waals surface area contributed by atoms with Crippen molar-refractivity contribution in [3.63, 3.8) is 0 Å². The highest BCUT2D eigenvalue weighted by atomic mass is 35.5. The van der Waals surface area contributed by atoms with Gasteiger partial charge in [0.2, 0.25) is 0 Å². The standard InChI is InChI=1S/C9H9F3N2O.ClH/c1-13-6-4-15-7-2-8(9(10,11)12)14-3-5(6)7;/h2-3,6,13H,4H2,1H3;1H. The number of aromatic nitrogens is 1. The number of halogens is 4. The number of pyridine rings is 1. The van der Waals surface area contributed by atoms with Crippen LogP contribution in [0.25, 0.3) is 0 Å². The first kappa shape index (κ1) is 13.1. The summed E-state index contributed by atoms with van der Waals surface area (Å²) in [5, 5.41) is 2.93. The maximum Gasteiger partial charge on any atom is 0.433 e. The van der Waals surface area contributed by atoms with Crippen LogP contribution < -0.4 is 10.1 Å². The fourth-order valence-electron chi connectivity index (χ4n) is 1.49. The van der Waals surface area contributed by atoms with E-state index in [1.54, 1.807) is 7.05 Å². The predicted octanol–water partition coefficient (Wildman–Crippen LogP) is 2.18. The van der Waals surface area contributed by atoms with Crippen molar-refractivity contribution >= 4 is 12.4 Å². The van der Waals surface area contributed by atoms with Crippen LogP contribution in [0.1, 0.15) is 17.3 Å². The average Bonchev–Trinajstić information content (AvgIpc) is 2.58. The van der Waals surface area contributed by atoms with Gasteiger partial charge in [-0.1, -0.05) is 0 Å². The second-order valence-electron chi connectivity index (χ2n) is 3.26. The minimum atomic E-state index is -4.42. The molecule has 1 aliphatic heterocycles. The molecule has 16 heavy (non-hydrogen) atoms. The lowest BCUT2D eigenvalue weighted by Gasteiger charge is -2.08. The SMILES string of the molecule is CNC1COc2cc(C(F)(F)F)ncc21.Cl. The number of nitrogens with one attached hydrogen (secondary N) is 1. The number of alkyl halides is 3. The van der Waals surface area contributed by atoms with Crippen LogP contribution in [0.3, 0.4) is 0 Å². The number of nitrogens with zero attached hydrogens (tertiary/aromatic N) is 1. The van der Waals surface area contributed by atoms with Gasteiger partial charge in [-0.05, 0) is 7.05 Å². The van der Waals surface area contributed by atoms with E-state index in [1.807, 2.05) is 0 Å². The van der Waals surface area contributed by atoms with Crippen molar-refractivity contribution in [1.82, 2.24) is 10.3 Å². The van der Waals surface area contributed by atoms with Crippen molar-refractivity contribution < 1.29 is 17.9 Å². The quantitative estimate of drug-likeness (QED) is 0.834. The van der Waals surface area contributed by atoms with E-state index >= 15 is 0 Å². The summed E-state index contributed by atoms with van der Waals surface area (Å²) in [5.41, 5.74) is -0.247. The maximum atomic E-state index is 12.3. The Morgan fingerprint density at radius 2 is 2.19 bits per heavy atom. The molecule has 2 rings (SSSR count). The number of ether oxygens (including phenoxy) is 1. The summed E-state index contributed by atoms with van der Waals surface area (Å²) in [6, 6.07) is 0.863. The highest BCUT2D eigenvalue weighted by Gasteiger charge is 2.35. The lowest BCUT2D eigenvalue weighted by molar-refractivity contribution is -0.141. The molecule has 7 heteroatoms. The summed E-state index contributed by atoms with van der Waals surface area (Å²) in [6.45, 7) is 0.342. The van der Waals surface area contributed by atoms with Gasteiger partial charge in [0.05, 0.1) is 6.04 Å². The summed E-state index contributed by atoms with van der Waals surface area (Å²) in [4.78, 5) is 3.37. The molecule has 0 saturated carbocycles. The molecule has 0 saturated heterocycles. The summed E-state index contributed by atoms with van der Waals surface area (Å²) < 4.78 is 42.0. The Labute approximate surface area is 96.4 Å². The Hall–Kier alpha value is -1.01. The lowest BCUT2D eigenvalue weighted by Crippen LogP contribution is -2.17. The molecule has 0 aliphatic carbocycles. The summed E-state index contributed by atoms with van der Waals surface area (Å²) in [7, 11) is 1.72. The molecule has 2 heterocycles. The minimum Gasteiger partial charge on any atom is -0.491 e. The number of fused-ring (bicyclic) bond motifs is 1. The molecule has 0 bridgehead atoms. The van der Waals surface area contributed by atoms with Gasteiger partial charge in [0, 0.05) is 17.8 Å². The second-order valence-corrected chi connectivity index (χ2v) is 3.26. The Morgan fingerprint density at radius 1 is 1.50 bits per heavy atom. The topological polar surface area (TPSA) is 34.1 Å². The smallest absolute Gasteiger partial charge is 0.433 e. The number of hydrogen-bond acceptors (Lipinski definition) is 3. The van der Waals surface area contributed by atoms with Gasteiger partial charge in [-0.15, -0.1) is 12.4 Å². The van der Waals surface area contributed by atoms with Crippen LogP contribution in [-0.2, 0) is 6.18 Å². The Balaban J connectivity index is 0.00000128. The molecule has 1 aromatic rings. The van der Waals surface area contributed by atoms with Crippen molar-refractivity contribution in [1.29, 1.82) is 0 Å². The largest absolute Gasteiger partial charge is 0.491 e. The maximum absolute atomic E-state index is 12.3. The molecule has 1 N–H and O–H groups in total. The van der Waals surface area contributed by atoms with Crippen molar-refractivity contribution in [2.24, 2.45) is 0 Å². The number of rotatable bonds is 1.